The van der Waals surface area contributed by atoms with E-state index in [1.165, 1.54) is 0 Å². The van der Waals surface area contributed by atoms with E-state index in [4.69, 9.17) is 19.0 Å². The minimum atomic E-state index is -0.258. The molecular weight excluding hydrogens is 360 g/mol. The van der Waals surface area contributed by atoms with Crippen molar-refractivity contribution in [2.75, 3.05) is 26.4 Å². The molecule has 0 saturated carbocycles. The lowest BCUT2D eigenvalue weighted by atomic mass is 10.1. The molecule has 28 heavy (non-hydrogen) atoms. The Morgan fingerprint density at radius 1 is 1.18 bits per heavy atom. The summed E-state index contributed by atoms with van der Waals surface area (Å²) in [4.78, 5) is 17.1. The highest BCUT2D eigenvalue weighted by atomic mass is 16.6. The average Bonchev–Trinajstić information content (AvgIpc) is 2.72. The fraction of sp³-hybridized carbons (Fsp3) is 0.333. The lowest BCUT2D eigenvalue weighted by molar-refractivity contribution is -0.126. The third-order valence-electron chi connectivity index (χ3n) is 4.11. The van der Waals surface area contributed by atoms with Crippen LogP contribution in [-0.4, -0.2) is 38.5 Å². The Morgan fingerprint density at radius 3 is 2.68 bits per heavy atom. The molecule has 1 aliphatic heterocycles. The molecule has 0 saturated heterocycles. The van der Waals surface area contributed by atoms with Crippen LogP contribution in [0.2, 0.25) is 0 Å². The Kier molecular flexibility index (Phi) is 6.73. The highest BCUT2D eigenvalue weighted by Crippen LogP contribution is 2.32. The molecule has 0 bridgehead atoms. The summed E-state index contributed by atoms with van der Waals surface area (Å²) in [5.74, 6) is 1.96. The van der Waals surface area contributed by atoms with Crippen LogP contribution >= 0.6 is 0 Å². The molecule has 0 aromatic heterocycles. The molecule has 0 fully saturated rings. The summed E-state index contributed by atoms with van der Waals surface area (Å²) in [6.45, 7) is 5.36. The predicted molar refractivity (Wildman–Crippen MR) is 105 cm³/mol. The van der Waals surface area contributed by atoms with E-state index in [1.807, 2.05) is 56.3 Å². The largest absolute Gasteiger partial charge is 0.494 e. The monoisotopic (exact) mass is 384 g/mol. The van der Waals surface area contributed by atoms with Gasteiger partial charge in [-0.3, -0.25) is 4.79 Å². The maximum absolute atomic E-state index is 12.1. The normalized spacial score (nSPS) is 13.8. The van der Waals surface area contributed by atoms with E-state index in [9.17, 15) is 4.79 Å². The Morgan fingerprint density at radius 2 is 1.93 bits per heavy atom. The summed E-state index contributed by atoms with van der Waals surface area (Å²) < 4.78 is 16.5. The topological polar surface area (TPSA) is 78.4 Å². The van der Waals surface area contributed by atoms with Gasteiger partial charge in [-0.2, -0.15) is 0 Å². The van der Waals surface area contributed by atoms with Gasteiger partial charge in [0, 0.05) is 0 Å². The Bertz CT molecular complexity index is 820. The van der Waals surface area contributed by atoms with Crippen molar-refractivity contribution in [2.45, 2.75) is 19.9 Å². The number of ether oxygens (including phenoxy) is 3. The summed E-state index contributed by atoms with van der Waals surface area (Å²) in [5, 5.41) is 6.70. The highest BCUT2D eigenvalue weighted by molar-refractivity contribution is 5.80. The number of nitrogens with one attached hydrogen (secondary N) is 1. The molecule has 0 radical (unpaired) electrons. The number of fused-ring (bicyclic) bond motifs is 1. The number of hydrogen-bond acceptors (Lipinski definition) is 6. The van der Waals surface area contributed by atoms with E-state index in [2.05, 4.69) is 10.5 Å². The van der Waals surface area contributed by atoms with Crippen LogP contribution in [0.25, 0.3) is 0 Å². The van der Waals surface area contributed by atoms with Crippen molar-refractivity contribution in [2.24, 2.45) is 5.16 Å². The second kappa shape index (κ2) is 9.64. The molecule has 1 unspecified atom stereocenters. The molecule has 1 aliphatic rings. The lowest BCUT2D eigenvalue weighted by Gasteiger charge is -2.21. The second-order valence-corrected chi connectivity index (χ2v) is 6.20. The molecule has 7 heteroatoms. The molecule has 0 aliphatic carbocycles. The van der Waals surface area contributed by atoms with E-state index in [-0.39, 0.29) is 18.6 Å². The van der Waals surface area contributed by atoms with Crippen LogP contribution in [0.4, 0.5) is 0 Å². The number of carbonyl (C=O) groups excluding carboxylic acids is 1. The number of oxime groups is 1. The van der Waals surface area contributed by atoms with Crippen LogP contribution in [0.15, 0.2) is 47.6 Å². The van der Waals surface area contributed by atoms with Crippen molar-refractivity contribution in [1.82, 2.24) is 5.32 Å². The second-order valence-electron chi connectivity index (χ2n) is 6.20. The molecule has 148 valence electrons. The molecule has 1 amide bonds. The van der Waals surface area contributed by atoms with Gasteiger partial charge in [-0.15, -0.1) is 0 Å². The van der Waals surface area contributed by atoms with Gasteiger partial charge >= 0.3 is 0 Å². The van der Waals surface area contributed by atoms with Crippen molar-refractivity contribution in [1.29, 1.82) is 0 Å². The summed E-state index contributed by atoms with van der Waals surface area (Å²) in [7, 11) is 0. The van der Waals surface area contributed by atoms with Crippen LogP contribution in [-0.2, 0) is 9.63 Å². The van der Waals surface area contributed by atoms with Crippen LogP contribution in [0.3, 0.4) is 0 Å². The Hall–Kier alpha value is -3.22. The number of nitrogens with zero attached hydrogens (tertiary/aromatic N) is 1. The molecule has 2 aromatic carbocycles. The lowest BCUT2D eigenvalue weighted by Crippen LogP contribution is -2.29. The summed E-state index contributed by atoms with van der Waals surface area (Å²) in [6.07, 6.45) is 1.55. The maximum Gasteiger partial charge on any atom is 0.261 e. The maximum atomic E-state index is 12.1. The number of rotatable bonds is 8. The van der Waals surface area contributed by atoms with Gasteiger partial charge in [0.05, 0.1) is 18.9 Å². The Balaban J connectivity index is 1.44. The van der Waals surface area contributed by atoms with Gasteiger partial charge in [0.25, 0.3) is 5.91 Å². The minimum absolute atomic E-state index is 0.164. The Labute approximate surface area is 164 Å². The van der Waals surface area contributed by atoms with Gasteiger partial charge in [-0.05, 0) is 61.4 Å². The van der Waals surface area contributed by atoms with Crippen molar-refractivity contribution < 1.29 is 23.8 Å². The molecule has 1 atom stereocenters. The van der Waals surface area contributed by atoms with E-state index in [1.54, 1.807) is 6.21 Å². The van der Waals surface area contributed by atoms with Crippen LogP contribution in [0.5, 0.6) is 17.2 Å². The van der Waals surface area contributed by atoms with Crippen LogP contribution in [0, 0.1) is 0 Å². The van der Waals surface area contributed by atoms with Gasteiger partial charge in [-0.25, -0.2) is 0 Å². The number of carbonyl (C=O) groups is 1. The van der Waals surface area contributed by atoms with Gasteiger partial charge in [0.1, 0.15) is 19.0 Å². The number of amides is 1. The molecule has 1 N–H and O–H groups in total. The standard InChI is InChI=1S/C21H24N2O5/c1-3-25-18-7-4-16(5-8-18)13-22-28-14-21(24)23-15(2)17-6-9-19-20(12-17)27-11-10-26-19/h4-9,12-13,15H,3,10-11,14H2,1-2H3,(H,23,24). The first-order chi connectivity index (χ1) is 13.7. The van der Waals surface area contributed by atoms with Crippen molar-refractivity contribution in [3.63, 3.8) is 0 Å². The molecule has 7 nitrogen and oxygen atoms in total. The van der Waals surface area contributed by atoms with E-state index >= 15 is 0 Å². The highest BCUT2D eigenvalue weighted by Gasteiger charge is 2.15. The summed E-state index contributed by atoms with van der Waals surface area (Å²) >= 11 is 0. The van der Waals surface area contributed by atoms with Crippen molar-refractivity contribution in [3.05, 3.63) is 53.6 Å². The van der Waals surface area contributed by atoms with E-state index in [0.29, 0.717) is 25.6 Å². The van der Waals surface area contributed by atoms with Crippen LogP contribution in [0.1, 0.15) is 31.0 Å². The van der Waals surface area contributed by atoms with Gasteiger partial charge in [-0.1, -0.05) is 11.2 Å². The predicted octanol–water partition coefficient (Wildman–Crippen LogP) is 3.08. The summed E-state index contributed by atoms with van der Waals surface area (Å²) in [5.41, 5.74) is 1.78. The minimum Gasteiger partial charge on any atom is -0.494 e. The zero-order valence-corrected chi connectivity index (χ0v) is 16.0. The fourth-order valence-electron chi connectivity index (χ4n) is 2.71. The zero-order chi connectivity index (χ0) is 19.8. The average molecular weight is 384 g/mol. The number of hydrogen-bond donors (Lipinski definition) is 1. The van der Waals surface area contributed by atoms with Gasteiger partial charge in [0.2, 0.25) is 0 Å². The molecule has 2 aromatic rings. The van der Waals surface area contributed by atoms with Crippen molar-refractivity contribution >= 4 is 12.1 Å². The van der Waals surface area contributed by atoms with Gasteiger partial charge < -0.3 is 24.4 Å². The quantitative estimate of drug-likeness (QED) is 0.559. The third-order valence-corrected chi connectivity index (χ3v) is 4.11. The molecule has 3 rings (SSSR count). The summed E-state index contributed by atoms with van der Waals surface area (Å²) in [6, 6.07) is 12.9. The number of benzene rings is 2. The van der Waals surface area contributed by atoms with Gasteiger partial charge in [0.15, 0.2) is 18.1 Å². The van der Waals surface area contributed by atoms with E-state index in [0.717, 1.165) is 22.6 Å². The van der Waals surface area contributed by atoms with Crippen LogP contribution < -0.4 is 19.5 Å². The zero-order valence-electron chi connectivity index (χ0n) is 16.0. The molecular formula is C21H24N2O5. The first-order valence-corrected chi connectivity index (χ1v) is 9.23. The fourth-order valence-corrected chi connectivity index (χ4v) is 2.71. The third kappa shape index (κ3) is 5.39. The first kappa shape index (κ1) is 19.5. The van der Waals surface area contributed by atoms with Crippen molar-refractivity contribution in [3.8, 4) is 17.2 Å². The van der Waals surface area contributed by atoms with E-state index < -0.39 is 0 Å². The first-order valence-electron chi connectivity index (χ1n) is 9.23. The molecule has 0 spiro atoms. The smallest absolute Gasteiger partial charge is 0.261 e. The molecule has 1 heterocycles. The SMILES string of the molecule is CCOc1ccc(C=NOCC(=O)NC(C)c2ccc3c(c2)OCCO3)cc1.